The van der Waals surface area contributed by atoms with E-state index in [1.165, 1.54) is 23.0 Å². The van der Waals surface area contributed by atoms with E-state index in [9.17, 15) is 14.4 Å². The molecule has 0 saturated heterocycles. The highest BCUT2D eigenvalue weighted by atomic mass is 16.4. The standard InChI is InChI=1S/C20H18N4O4/c1-2-11-24-19(26)16-6-4-3-5-15(16)17(23-24)18(25)22-21-12-13-7-9-14(10-8-13)20(27)28/h3-10,12H,2,11H2,1H3,(H,22,25)(H,27,28)/b21-12-. The average Bonchev–Trinajstić information content (AvgIpc) is 2.70. The van der Waals surface area contributed by atoms with Crippen molar-refractivity contribution in [3.8, 4) is 0 Å². The molecule has 0 saturated carbocycles. The number of carbonyl (C=O) groups excluding carboxylic acids is 1. The molecule has 1 aromatic heterocycles. The minimum absolute atomic E-state index is 0.113. The van der Waals surface area contributed by atoms with Crippen molar-refractivity contribution in [2.24, 2.45) is 5.10 Å². The molecule has 0 aliphatic rings. The number of nitrogens with one attached hydrogen (secondary N) is 1. The first kappa shape index (κ1) is 19.0. The van der Waals surface area contributed by atoms with Crippen LogP contribution < -0.4 is 11.0 Å². The third kappa shape index (κ3) is 3.96. The van der Waals surface area contributed by atoms with Crippen molar-refractivity contribution < 1.29 is 14.7 Å². The summed E-state index contributed by atoms with van der Waals surface area (Å²) < 4.78 is 1.28. The van der Waals surface area contributed by atoms with E-state index in [0.29, 0.717) is 29.3 Å². The number of hydrogen-bond donors (Lipinski definition) is 2. The number of carboxylic acid groups (broad SMARTS) is 1. The maximum absolute atomic E-state index is 12.6. The molecule has 2 aromatic carbocycles. The maximum atomic E-state index is 12.6. The fourth-order valence-electron chi connectivity index (χ4n) is 2.70. The van der Waals surface area contributed by atoms with Crippen LogP contribution in [0.1, 0.15) is 39.8 Å². The molecule has 8 nitrogen and oxygen atoms in total. The van der Waals surface area contributed by atoms with Gasteiger partial charge in [-0.15, -0.1) is 0 Å². The lowest BCUT2D eigenvalue weighted by Gasteiger charge is -2.09. The van der Waals surface area contributed by atoms with Gasteiger partial charge in [0.15, 0.2) is 5.69 Å². The van der Waals surface area contributed by atoms with Gasteiger partial charge in [0.1, 0.15) is 0 Å². The van der Waals surface area contributed by atoms with E-state index < -0.39 is 11.9 Å². The van der Waals surface area contributed by atoms with Crippen LogP contribution in [0.3, 0.4) is 0 Å². The van der Waals surface area contributed by atoms with Gasteiger partial charge in [-0.3, -0.25) is 9.59 Å². The van der Waals surface area contributed by atoms with Crippen LogP contribution in [0.5, 0.6) is 0 Å². The molecule has 1 amide bonds. The molecule has 3 aromatic rings. The highest BCUT2D eigenvalue weighted by molar-refractivity contribution is 6.05. The normalized spacial score (nSPS) is 11.0. The van der Waals surface area contributed by atoms with Crippen LogP contribution in [0.15, 0.2) is 58.4 Å². The number of aromatic carboxylic acids is 1. The number of nitrogens with zero attached hydrogens (tertiary/aromatic N) is 3. The Bertz CT molecular complexity index is 1120. The van der Waals surface area contributed by atoms with Crippen LogP contribution in [-0.4, -0.2) is 33.0 Å². The van der Waals surface area contributed by atoms with E-state index in [4.69, 9.17) is 5.11 Å². The molecule has 0 atom stereocenters. The molecule has 2 N–H and O–H groups in total. The van der Waals surface area contributed by atoms with Gasteiger partial charge >= 0.3 is 5.97 Å². The summed E-state index contributed by atoms with van der Waals surface area (Å²) in [6.07, 6.45) is 2.10. The summed E-state index contributed by atoms with van der Waals surface area (Å²) in [6.45, 7) is 2.33. The summed E-state index contributed by atoms with van der Waals surface area (Å²) in [5.74, 6) is -1.56. The van der Waals surface area contributed by atoms with E-state index in [2.05, 4.69) is 15.6 Å². The molecular weight excluding hydrogens is 360 g/mol. The molecule has 1 heterocycles. The molecular formula is C20H18N4O4. The smallest absolute Gasteiger partial charge is 0.335 e. The first-order valence-electron chi connectivity index (χ1n) is 8.68. The Morgan fingerprint density at radius 3 is 2.46 bits per heavy atom. The zero-order valence-electron chi connectivity index (χ0n) is 15.1. The zero-order valence-corrected chi connectivity index (χ0v) is 15.1. The molecule has 0 radical (unpaired) electrons. The number of hydrazone groups is 1. The Hall–Kier alpha value is -3.81. The van der Waals surface area contributed by atoms with Gasteiger partial charge in [-0.1, -0.05) is 37.3 Å². The molecule has 28 heavy (non-hydrogen) atoms. The maximum Gasteiger partial charge on any atom is 0.335 e. The van der Waals surface area contributed by atoms with Crippen LogP contribution in [0, 0.1) is 0 Å². The molecule has 3 rings (SSSR count). The van der Waals surface area contributed by atoms with Crippen molar-refractivity contribution in [2.75, 3.05) is 0 Å². The van der Waals surface area contributed by atoms with Gasteiger partial charge in [-0.25, -0.2) is 14.9 Å². The number of carboxylic acids is 1. The Labute approximate surface area is 160 Å². The van der Waals surface area contributed by atoms with E-state index >= 15 is 0 Å². The molecule has 0 bridgehead atoms. The highest BCUT2D eigenvalue weighted by Gasteiger charge is 2.16. The van der Waals surface area contributed by atoms with Crippen LogP contribution in [0.25, 0.3) is 10.8 Å². The van der Waals surface area contributed by atoms with Gasteiger partial charge in [-0.05, 0) is 30.2 Å². The first-order valence-corrected chi connectivity index (χ1v) is 8.68. The number of carbonyl (C=O) groups is 2. The number of benzene rings is 2. The second-order valence-corrected chi connectivity index (χ2v) is 6.05. The fourth-order valence-corrected chi connectivity index (χ4v) is 2.70. The Morgan fingerprint density at radius 1 is 1.14 bits per heavy atom. The summed E-state index contributed by atoms with van der Waals surface area (Å²) in [7, 11) is 0. The average molecular weight is 378 g/mol. The van der Waals surface area contributed by atoms with Crippen LogP contribution in [0.4, 0.5) is 0 Å². The van der Waals surface area contributed by atoms with Gasteiger partial charge in [0.2, 0.25) is 0 Å². The molecule has 8 heteroatoms. The summed E-state index contributed by atoms with van der Waals surface area (Å²) >= 11 is 0. The number of aryl methyl sites for hydroxylation is 1. The number of fused-ring (bicyclic) bond motifs is 1. The third-order valence-electron chi connectivity index (χ3n) is 4.06. The third-order valence-corrected chi connectivity index (χ3v) is 4.06. The van der Waals surface area contributed by atoms with Gasteiger partial charge < -0.3 is 5.11 Å². The quantitative estimate of drug-likeness (QED) is 0.504. The Kier molecular flexibility index (Phi) is 5.59. The van der Waals surface area contributed by atoms with Gasteiger partial charge in [-0.2, -0.15) is 10.2 Å². The predicted octanol–water partition coefficient (Wildman–Crippen LogP) is 2.27. The Balaban J connectivity index is 1.86. The number of aromatic nitrogens is 2. The lowest BCUT2D eigenvalue weighted by molar-refractivity contribution is 0.0696. The van der Waals surface area contributed by atoms with E-state index in [-0.39, 0.29) is 16.8 Å². The van der Waals surface area contributed by atoms with Crippen LogP contribution in [0.2, 0.25) is 0 Å². The summed E-state index contributed by atoms with van der Waals surface area (Å²) in [4.78, 5) is 35.9. The predicted molar refractivity (Wildman–Crippen MR) is 105 cm³/mol. The van der Waals surface area contributed by atoms with E-state index in [0.717, 1.165) is 0 Å². The largest absolute Gasteiger partial charge is 0.478 e. The monoisotopic (exact) mass is 378 g/mol. The lowest BCUT2D eigenvalue weighted by Crippen LogP contribution is -2.29. The second kappa shape index (κ2) is 8.26. The minimum Gasteiger partial charge on any atom is -0.478 e. The van der Waals surface area contributed by atoms with Crippen molar-refractivity contribution in [2.45, 2.75) is 19.9 Å². The fraction of sp³-hybridized carbons (Fsp3) is 0.150. The van der Waals surface area contributed by atoms with Crippen molar-refractivity contribution in [3.63, 3.8) is 0 Å². The van der Waals surface area contributed by atoms with Gasteiger partial charge in [0.25, 0.3) is 11.5 Å². The van der Waals surface area contributed by atoms with Gasteiger partial charge in [0, 0.05) is 11.9 Å². The van der Waals surface area contributed by atoms with Crippen molar-refractivity contribution in [3.05, 3.63) is 75.7 Å². The summed E-state index contributed by atoms with van der Waals surface area (Å²) in [5.41, 5.74) is 3.06. The summed E-state index contributed by atoms with van der Waals surface area (Å²) in [5, 5.41) is 17.9. The second-order valence-electron chi connectivity index (χ2n) is 6.05. The van der Waals surface area contributed by atoms with E-state index in [1.807, 2.05) is 6.92 Å². The number of amides is 1. The lowest BCUT2D eigenvalue weighted by atomic mass is 10.1. The number of hydrogen-bond acceptors (Lipinski definition) is 5. The molecule has 0 aliphatic heterocycles. The van der Waals surface area contributed by atoms with Crippen molar-refractivity contribution in [1.29, 1.82) is 0 Å². The van der Waals surface area contributed by atoms with Crippen LogP contribution >= 0.6 is 0 Å². The molecule has 0 fully saturated rings. The molecule has 142 valence electrons. The first-order chi connectivity index (χ1) is 13.5. The highest BCUT2D eigenvalue weighted by Crippen LogP contribution is 2.13. The van der Waals surface area contributed by atoms with Crippen LogP contribution in [-0.2, 0) is 6.54 Å². The van der Waals surface area contributed by atoms with Crippen molar-refractivity contribution in [1.82, 2.24) is 15.2 Å². The Morgan fingerprint density at radius 2 is 1.82 bits per heavy atom. The molecule has 0 unspecified atom stereocenters. The number of rotatable bonds is 6. The molecule has 0 spiro atoms. The topological polar surface area (TPSA) is 114 Å². The van der Waals surface area contributed by atoms with Gasteiger partial charge in [0.05, 0.1) is 17.2 Å². The minimum atomic E-state index is -1.02. The summed E-state index contributed by atoms with van der Waals surface area (Å²) in [6, 6.07) is 12.8. The van der Waals surface area contributed by atoms with Crippen molar-refractivity contribution >= 4 is 28.9 Å². The van der Waals surface area contributed by atoms with E-state index in [1.54, 1.807) is 36.4 Å². The SMILES string of the molecule is CCCn1nc(C(=O)N/N=C\c2ccc(C(=O)O)cc2)c2ccccc2c1=O. The molecule has 0 aliphatic carbocycles. The zero-order chi connectivity index (χ0) is 20.1.